The number of β-amino-alcohol motifs (C(OH)–C–C–N with tert-alkyl or cyclic N) is 1. The molecule has 1 aromatic rings. The largest absolute Gasteiger partial charge is 0.489 e. The van der Waals surface area contributed by atoms with Crippen LogP contribution in [0, 0.1) is 10.1 Å². The van der Waals surface area contributed by atoms with E-state index in [0.717, 1.165) is 0 Å². The van der Waals surface area contributed by atoms with E-state index in [1.165, 1.54) is 0 Å². The van der Waals surface area contributed by atoms with Crippen LogP contribution in [-0.4, -0.2) is 41.6 Å². The number of aliphatic hydroxyl groups excluding tert-OH is 1. The van der Waals surface area contributed by atoms with E-state index < -0.39 is 16.7 Å². The molecule has 0 spiro atoms. The normalized spacial score (nSPS) is 12.7. The second-order valence-corrected chi connectivity index (χ2v) is 6.45. The molecule has 0 aliphatic rings. The molecule has 1 rings (SSSR count). The zero-order chi connectivity index (χ0) is 17.5. The number of hydrogen-bond donors (Lipinski definition) is 2. The standard InChI is InChI=1S/C14H20Cl2N2O5/c1-14(2,5-6-23-18(20)21)17-8-11(19)9-22-13-7-10(15)3-4-12(13)16/h3-4,7,11,17,19H,5-6,8-9H2,1-2H3. The van der Waals surface area contributed by atoms with Gasteiger partial charge in [-0.2, -0.15) is 0 Å². The lowest BCUT2D eigenvalue weighted by molar-refractivity contribution is -0.758. The second-order valence-electron chi connectivity index (χ2n) is 5.61. The third-order valence-corrected chi connectivity index (χ3v) is 3.61. The first-order valence-corrected chi connectivity index (χ1v) is 7.73. The lowest BCUT2D eigenvalue weighted by Crippen LogP contribution is -2.45. The van der Waals surface area contributed by atoms with Crippen molar-refractivity contribution in [1.29, 1.82) is 0 Å². The lowest BCUT2D eigenvalue weighted by Gasteiger charge is -2.27. The molecule has 1 unspecified atom stereocenters. The first-order valence-electron chi connectivity index (χ1n) is 6.98. The Morgan fingerprint density at radius 2 is 2.13 bits per heavy atom. The van der Waals surface area contributed by atoms with Crippen molar-refractivity contribution in [1.82, 2.24) is 5.32 Å². The van der Waals surface area contributed by atoms with E-state index in [4.69, 9.17) is 27.9 Å². The van der Waals surface area contributed by atoms with E-state index in [-0.39, 0.29) is 19.8 Å². The van der Waals surface area contributed by atoms with Crippen LogP contribution < -0.4 is 10.1 Å². The SMILES string of the molecule is CC(C)(CCO[N+](=O)[O-])NCC(O)COc1cc(Cl)ccc1Cl. The lowest BCUT2D eigenvalue weighted by atomic mass is 10.0. The van der Waals surface area contributed by atoms with Crippen molar-refractivity contribution in [3.8, 4) is 5.75 Å². The number of nitrogens with one attached hydrogen (secondary N) is 1. The van der Waals surface area contributed by atoms with E-state index in [1.807, 2.05) is 13.8 Å². The Bertz CT molecular complexity index is 528. The molecule has 0 bridgehead atoms. The molecule has 0 saturated heterocycles. The molecular weight excluding hydrogens is 347 g/mol. The van der Waals surface area contributed by atoms with Crippen molar-refractivity contribution in [2.24, 2.45) is 0 Å². The summed E-state index contributed by atoms with van der Waals surface area (Å²) in [4.78, 5) is 14.4. The Hall–Kier alpha value is -1.28. The predicted molar refractivity (Wildman–Crippen MR) is 87.6 cm³/mol. The molecular formula is C14H20Cl2N2O5. The van der Waals surface area contributed by atoms with Crippen LogP contribution in [0.3, 0.4) is 0 Å². The third kappa shape index (κ3) is 8.22. The highest BCUT2D eigenvalue weighted by Gasteiger charge is 2.19. The average Bonchev–Trinajstić information content (AvgIpc) is 2.45. The van der Waals surface area contributed by atoms with Crippen LogP contribution >= 0.6 is 23.2 Å². The highest BCUT2D eigenvalue weighted by Crippen LogP contribution is 2.27. The molecule has 1 aromatic carbocycles. The Balaban J connectivity index is 2.34. The number of aliphatic hydroxyl groups is 1. The number of benzene rings is 1. The molecule has 0 aliphatic carbocycles. The van der Waals surface area contributed by atoms with Gasteiger partial charge in [-0.1, -0.05) is 23.2 Å². The smallest absolute Gasteiger partial charge is 0.294 e. The van der Waals surface area contributed by atoms with E-state index in [0.29, 0.717) is 22.2 Å². The Kier molecular flexibility index (Phi) is 7.84. The van der Waals surface area contributed by atoms with Gasteiger partial charge in [0.25, 0.3) is 5.09 Å². The van der Waals surface area contributed by atoms with Crippen LogP contribution in [0.4, 0.5) is 0 Å². The zero-order valence-electron chi connectivity index (χ0n) is 12.9. The summed E-state index contributed by atoms with van der Waals surface area (Å²) in [6, 6.07) is 4.83. The van der Waals surface area contributed by atoms with Gasteiger partial charge in [-0.05, 0) is 32.4 Å². The summed E-state index contributed by atoms with van der Waals surface area (Å²) in [5, 5.41) is 23.2. The topological polar surface area (TPSA) is 93.9 Å². The number of nitrogens with zero attached hydrogens (tertiary/aromatic N) is 1. The Morgan fingerprint density at radius 1 is 1.43 bits per heavy atom. The van der Waals surface area contributed by atoms with Gasteiger partial charge in [0.2, 0.25) is 0 Å². The van der Waals surface area contributed by atoms with E-state index >= 15 is 0 Å². The van der Waals surface area contributed by atoms with Crippen LogP contribution in [0.2, 0.25) is 10.0 Å². The van der Waals surface area contributed by atoms with Gasteiger partial charge in [0, 0.05) is 23.2 Å². The van der Waals surface area contributed by atoms with Gasteiger partial charge < -0.3 is 20.0 Å². The van der Waals surface area contributed by atoms with Crippen molar-refractivity contribution in [2.75, 3.05) is 19.8 Å². The van der Waals surface area contributed by atoms with Crippen molar-refractivity contribution >= 4 is 23.2 Å². The third-order valence-electron chi connectivity index (χ3n) is 3.06. The molecule has 9 heteroatoms. The number of rotatable bonds is 10. The fourth-order valence-electron chi connectivity index (χ4n) is 1.69. The van der Waals surface area contributed by atoms with Crippen molar-refractivity contribution in [2.45, 2.75) is 31.9 Å². The van der Waals surface area contributed by atoms with Crippen molar-refractivity contribution in [3.63, 3.8) is 0 Å². The fraction of sp³-hybridized carbons (Fsp3) is 0.571. The van der Waals surface area contributed by atoms with Gasteiger partial charge in [-0.15, -0.1) is 10.1 Å². The summed E-state index contributed by atoms with van der Waals surface area (Å²) >= 11 is 11.8. The summed E-state index contributed by atoms with van der Waals surface area (Å²) in [6.45, 7) is 3.99. The highest BCUT2D eigenvalue weighted by atomic mass is 35.5. The van der Waals surface area contributed by atoms with Gasteiger partial charge in [0.05, 0.1) is 11.6 Å². The Morgan fingerprint density at radius 3 is 2.78 bits per heavy atom. The fourth-order valence-corrected chi connectivity index (χ4v) is 2.02. The van der Waals surface area contributed by atoms with Gasteiger partial charge in [-0.25, -0.2) is 0 Å². The van der Waals surface area contributed by atoms with Crippen LogP contribution in [0.1, 0.15) is 20.3 Å². The summed E-state index contributed by atoms with van der Waals surface area (Å²) in [7, 11) is 0. The first kappa shape index (κ1) is 19.8. The van der Waals surface area contributed by atoms with Crippen LogP contribution in [-0.2, 0) is 4.84 Å². The second kappa shape index (κ2) is 9.12. The molecule has 0 fully saturated rings. The van der Waals surface area contributed by atoms with Gasteiger partial charge >= 0.3 is 0 Å². The monoisotopic (exact) mass is 366 g/mol. The maximum atomic E-state index is 10.1. The molecule has 2 N–H and O–H groups in total. The number of halogens is 2. The Labute approximate surface area is 144 Å². The quantitative estimate of drug-likeness (QED) is 0.488. The minimum absolute atomic E-state index is 0.0162. The van der Waals surface area contributed by atoms with E-state index in [2.05, 4.69) is 10.2 Å². The number of ether oxygens (including phenoxy) is 1. The van der Waals surface area contributed by atoms with Gasteiger partial charge in [0.15, 0.2) is 0 Å². The minimum Gasteiger partial charge on any atom is -0.489 e. The van der Waals surface area contributed by atoms with Crippen molar-refractivity contribution in [3.05, 3.63) is 38.4 Å². The molecule has 7 nitrogen and oxygen atoms in total. The van der Waals surface area contributed by atoms with Crippen molar-refractivity contribution < 1.29 is 19.8 Å². The summed E-state index contributed by atoms with van der Waals surface area (Å²) in [5.74, 6) is 0.400. The molecule has 0 heterocycles. The summed E-state index contributed by atoms with van der Waals surface area (Å²) in [6.07, 6.45) is -0.359. The molecule has 0 saturated carbocycles. The van der Waals surface area contributed by atoms with Crippen LogP contribution in [0.25, 0.3) is 0 Å². The van der Waals surface area contributed by atoms with Crippen LogP contribution in [0.15, 0.2) is 18.2 Å². The van der Waals surface area contributed by atoms with Gasteiger partial charge in [-0.3, -0.25) is 0 Å². The maximum absolute atomic E-state index is 10.1. The molecule has 0 aromatic heterocycles. The minimum atomic E-state index is -0.826. The molecule has 23 heavy (non-hydrogen) atoms. The van der Waals surface area contributed by atoms with Gasteiger partial charge in [0.1, 0.15) is 18.5 Å². The first-order chi connectivity index (χ1) is 10.7. The molecule has 0 amide bonds. The predicted octanol–water partition coefficient (Wildman–Crippen LogP) is 2.70. The van der Waals surface area contributed by atoms with Crippen LogP contribution in [0.5, 0.6) is 5.75 Å². The molecule has 1 atom stereocenters. The molecule has 0 radical (unpaired) electrons. The summed E-state index contributed by atoms with van der Waals surface area (Å²) in [5.41, 5.74) is -0.426. The summed E-state index contributed by atoms with van der Waals surface area (Å²) < 4.78 is 5.44. The molecule has 0 aliphatic heterocycles. The maximum Gasteiger partial charge on any atom is 0.294 e. The highest BCUT2D eigenvalue weighted by molar-refractivity contribution is 6.34. The number of hydrogen-bond acceptors (Lipinski definition) is 6. The average molecular weight is 367 g/mol. The molecule has 130 valence electrons. The van der Waals surface area contributed by atoms with E-state index in [9.17, 15) is 15.2 Å². The zero-order valence-corrected chi connectivity index (χ0v) is 14.4. The van der Waals surface area contributed by atoms with E-state index in [1.54, 1.807) is 18.2 Å².